The predicted molar refractivity (Wildman–Crippen MR) is 107 cm³/mol. The van der Waals surface area contributed by atoms with Crippen LogP contribution >= 0.6 is 0 Å². The normalized spacial score (nSPS) is 15.5. The molecule has 0 unspecified atom stereocenters. The third-order valence-corrected chi connectivity index (χ3v) is 5.16. The minimum Gasteiger partial charge on any atom is -0.508 e. The quantitative estimate of drug-likeness (QED) is 0.783. The van der Waals surface area contributed by atoms with Gasteiger partial charge in [0.15, 0.2) is 0 Å². The first kappa shape index (κ1) is 16.9. The number of phenolic OH excluding ortho intramolecular Hbond substituents is 1. The SMILES string of the molecule is Cc1cc(N2CCN(CCc3cccc(O)c3)CC2)c2ccccc2n1. The summed E-state index contributed by atoms with van der Waals surface area (Å²) >= 11 is 0. The van der Waals surface area contributed by atoms with Crippen molar-refractivity contribution in [1.82, 2.24) is 9.88 Å². The lowest BCUT2D eigenvalue weighted by Gasteiger charge is -2.36. The van der Waals surface area contributed by atoms with Gasteiger partial charge in [-0.25, -0.2) is 0 Å². The number of phenols is 1. The number of aromatic nitrogens is 1. The van der Waals surface area contributed by atoms with Crippen LogP contribution in [0.4, 0.5) is 5.69 Å². The highest BCUT2D eigenvalue weighted by atomic mass is 16.3. The summed E-state index contributed by atoms with van der Waals surface area (Å²) < 4.78 is 0. The van der Waals surface area contributed by atoms with Crippen LogP contribution in [-0.2, 0) is 6.42 Å². The number of piperazine rings is 1. The molecule has 26 heavy (non-hydrogen) atoms. The van der Waals surface area contributed by atoms with Crippen molar-refractivity contribution in [3.8, 4) is 5.75 Å². The summed E-state index contributed by atoms with van der Waals surface area (Å²) in [5.74, 6) is 0.354. The van der Waals surface area contributed by atoms with E-state index in [2.05, 4.69) is 58.1 Å². The molecule has 1 aliphatic heterocycles. The van der Waals surface area contributed by atoms with Gasteiger partial charge in [-0.15, -0.1) is 0 Å². The second kappa shape index (κ2) is 7.34. The van der Waals surface area contributed by atoms with Crippen LogP contribution in [-0.4, -0.2) is 47.7 Å². The fourth-order valence-corrected chi connectivity index (χ4v) is 3.76. The molecule has 0 atom stereocenters. The summed E-state index contributed by atoms with van der Waals surface area (Å²) in [4.78, 5) is 9.66. The van der Waals surface area contributed by atoms with E-state index in [1.165, 1.54) is 16.6 Å². The Balaban J connectivity index is 1.41. The number of rotatable bonds is 4. The van der Waals surface area contributed by atoms with Gasteiger partial charge in [-0.1, -0.05) is 30.3 Å². The molecule has 0 aliphatic carbocycles. The molecule has 2 aromatic carbocycles. The van der Waals surface area contributed by atoms with Crippen LogP contribution in [0.15, 0.2) is 54.6 Å². The zero-order valence-corrected chi connectivity index (χ0v) is 15.2. The van der Waals surface area contributed by atoms with Crippen molar-refractivity contribution >= 4 is 16.6 Å². The van der Waals surface area contributed by atoms with Crippen LogP contribution < -0.4 is 4.90 Å². The van der Waals surface area contributed by atoms with E-state index in [0.29, 0.717) is 5.75 Å². The topological polar surface area (TPSA) is 39.6 Å². The first-order valence-electron chi connectivity index (χ1n) is 9.31. The van der Waals surface area contributed by atoms with Gasteiger partial charge >= 0.3 is 0 Å². The van der Waals surface area contributed by atoms with Crippen molar-refractivity contribution in [2.24, 2.45) is 0 Å². The number of pyridine rings is 1. The highest BCUT2D eigenvalue weighted by Crippen LogP contribution is 2.27. The Labute approximate surface area is 154 Å². The van der Waals surface area contributed by atoms with E-state index < -0.39 is 0 Å². The van der Waals surface area contributed by atoms with Gasteiger partial charge < -0.3 is 10.0 Å². The molecule has 4 nitrogen and oxygen atoms in total. The van der Waals surface area contributed by atoms with E-state index in [0.717, 1.165) is 50.4 Å². The van der Waals surface area contributed by atoms with Gasteiger partial charge in [-0.3, -0.25) is 9.88 Å². The van der Waals surface area contributed by atoms with E-state index in [9.17, 15) is 5.11 Å². The lowest BCUT2D eigenvalue weighted by Crippen LogP contribution is -2.47. The Morgan fingerprint density at radius 1 is 0.962 bits per heavy atom. The fraction of sp³-hybridized carbons (Fsp3) is 0.318. The van der Waals surface area contributed by atoms with E-state index in [4.69, 9.17) is 0 Å². The zero-order chi connectivity index (χ0) is 17.9. The van der Waals surface area contributed by atoms with Gasteiger partial charge in [0.2, 0.25) is 0 Å². The average Bonchev–Trinajstić information content (AvgIpc) is 2.66. The van der Waals surface area contributed by atoms with Crippen LogP contribution in [0.3, 0.4) is 0 Å². The number of para-hydroxylation sites is 1. The number of anilines is 1. The third-order valence-electron chi connectivity index (χ3n) is 5.16. The van der Waals surface area contributed by atoms with Crippen LogP contribution in [0, 0.1) is 6.92 Å². The minimum absolute atomic E-state index is 0.354. The number of aromatic hydroxyl groups is 1. The number of fused-ring (bicyclic) bond motifs is 1. The van der Waals surface area contributed by atoms with Crippen molar-refractivity contribution in [3.05, 3.63) is 65.9 Å². The van der Waals surface area contributed by atoms with E-state index in [1.54, 1.807) is 6.07 Å². The molecule has 0 bridgehead atoms. The molecule has 4 heteroatoms. The average molecular weight is 347 g/mol. The van der Waals surface area contributed by atoms with Gasteiger partial charge in [0, 0.05) is 49.5 Å². The smallest absolute Gasteiger partial charge is 0.115 e. The van der Waals surface area contributed by atoms with Crippen LogP contribution in [0.25, 0.3) is 10.9 Å². The number of nitrogens with zero attached hydrogens (tertiary/aromatic N) is 3. The van der Waals surface area contributed by atoms with Crippen molar-refractivity contribution < 1.29 is 5.11 Å². The molecule has 1 fully saturated rings. The Hall–Kier alpha value is -2.59. The van der Waals surface area contributed by atoms with E-state index >= 15 is 0 Å². The molecule has 0 saturated carbocycles. The maximum absolute atomic E-state index is 9.59. The first-order chi connectivity index (χ1) is 12.7. The highest BCUT2D eigenvalue weighted by Gasteiger charge is 2.19. The Morgan fingerprint density at radius 3 is 2.58 bits per heavy atom. The largest absolute Gasteiger partial charge is 0.508 e. The zero-order valence-electron chi connectivity index (χ0n) is 15.2. The Morgan fingerprint density at radius 2 is 1.77 bits per heavy atom. The van der Waals surface area contributed by atoms with Crippen molar-refractivity contribution in [3.63, 3.8) is 0 Å². The summed E-state index contributed by atoms with van der Waals surface area (Å²) in [7, 11) is 0. The Kier molecular flexibility index (Phi) is 4.76. The van der Waals surface area contributed by atoms with Gasteiger partial charge in [0.05, 0.1) is 5.52 Å². The fourth-order valence-electron chi connectivity index (χ4n) is 3.76. The van der Waals surface area contributed by atoms with Crippen LogP contribution in [0.1, 0.15) is 11.3 Å². The molecule has 1 N–H and O–H groups in total. The summed E-state index contributed by atoms with van der Waals surface area (Å²) in [6.45, 7) is 7.30. The number of aryl methyl sites for hydroxylation is 1. The number of hydrogen-bond acceptors (Lipinski definition) is 4. The first-order valence-corrected chi connectivity index (χ1v) is 9.31. The summed E-state index contributed by atoms with van der Waals surface area (Å²) in [5.41, 5.74) is 4.66. The molecule has 2 heterocycles. The van der Waals surface area contributed by atoms with Crippen LogP contribution in [0.5, 0.6) is 5.75 Å². The van der Waals surface area contributed by atoms with E-state index in [1.807, 2.05) is 12.1 Å². The van der Waals surface area contributed by atoms with Crippen molar-refractivity contribution in [2.75, 3.05) is 37.6 Å². The summed E-state index contributed by atoms with van der Waals surface area (Å²) in [5, 5.41) is 10.8. The van der Waals surface area contributed by atoms with Crippen molar-refractivity contribution in [2.45, 2.75) is 13.3 Å². The molecule has 134 valence electrons. The molecule has 4 rings (SSSR count). The molecule has 0 amide bonds. The summed E-state index contributed by atoms with van der Waals surface area (Å²) in [6, 6.07) is 18.2. The molecule has 1 aromatic heterocycles. The molecule has 0 spiro atoms. The molecule has 1 aliphatic rings. The third kappa shape index (κ3) is 3.65. The molecule has 0 radical (unpaired) electrons. The standard InChI is InChI=1S/C22H25N3O/c1-17-15-22(20-7-2-3-8-21(20)23-17)25-13-11-24(12-14-25)10-9-18-5-4-6-19(26)16-18/h2-8,15-16,26H,9-14H2,1H3. The molecular formula is C22H25N3O. The molecule has 3 aromatic rings. The molecule has 1 saturated heterocycles. The van der Waals surface area contributed by atoms with Gasteiger partial charge in [-0.05, 0) is 43.2 Å². The summed E-state index contributed by atoms with van der Waals surface area (Å²) in [6.07, 6.45) is 0.978. The van der Waals surface area contributed by atoms with Gasteiger partial charge in [0.25, 0.3) is 0 Å². The predicted octanol–water partition coefficient (Wildman–Crippen LogP) is 3.61. The number of hydrogen-bond donors (Lipinski definition) is 1. The second-order valence-electron chi connectivity index (χ2n) is 7.05. The van der Waals surface area contributed by atoms with Gasteiger partial charge in [-0.2, -0.15) is 0 Å². The molecular weight excluding hydrogens is 322 g/mol. The highest BCUT2D eigenvalue weighted by molar-refractivity contribution is 5.92. The minimum atomic E-state index is 0.354. The maximum atomic E-state index is 9.59. The Bertz CT molecular complexity index is 901. The van der Waals surface area contributed by atoms with E-state index in [-0.39, 0.29) is 0 Å². The monoisotopic (exact) mass is 347 g/mol. The number of benzene rings is 2. The lowest BCUT2D eigenvalue weighted by molar-refractivity contribution is 0.261. The maximum Gasteiger partial charge on any atom is 0.115 e. The van der Waals surface area contributed by atoms with Crippen LogP contribution in [0.2, 0.25) is 0 Å². The van der Waals surface area contributed by atoms with Gasteiger partial charge in [0.1, 0.15) is 5.75 Å². The second-order valence-corrected chi connectivity index (χ2v) is 7.05. The van der Waals surface area contributed by atoms with Crippen molar-refractivity contribution in [1.29, 1.82) is 0 Å². The lowest BCUT2D eigenvalue weighted by atomic mass is 10.1.